The molecule has 7 aromatic rings. The highest BCUT2D eigenvalue weighted by Gasteiger charge is 2.11. The summed E-state index contributed by atoms with van der Waals surface area (Å²) in [6, 6.07) is 52.7. The zero-order valence-electron chi connectivity index (χ0n) is 55.1. The van der Waals surface area contributed by atoms with Crippen molar-refractivity contribution in [3.05, 3.63) is 196 Å². The molecular weight excluding hydrogens is 1180 g/mol. The van der Waals surface area contributed by atoms with Crippen LogP contribution >= 0.6 is 23.2 Å². The fourth-order valence-corrected chi connectivity index (χ4v) is 8.67. The maximum Gasteiger partial charge on any atom is 0.125 e. The van der Waals surface area contributed by atoms with Gasteiger partial charge in [0.15, 0.2) is 0 Å². The minimum Gasteiger partial charge on any atom is -0.496 e. The van der Waals surface area contributed by atoms with Crippen LogP contribution in [0, 0.1) is 5.92 Å². The highest BCUT2D eigenvalue weighted by Crippen LogP contribution is 2.28. The van der Waals surface area contributed by atoms with Gasteiger partial charge in [-0.2, -0.15) is 0 Å². The molecule has 2 atom stereocenters. The van der Waals surface area contributed by atoms with Crippen LogP contribution in [0.5, 0.6) is 51.7 Å². The van der Waals surface area contributed by atoms with Crippen LogP contribution in [-0.2, 0) is 26.1 Å². The summed E-state index contributed by atoms with van der Waals surface area (Å²) in [6.07, 6.45) is 12.6. The van der Waals surface area contributed by atoms with Crippen LogP contribution in [0.4, 0.5) is 0 Å². The fourth-order valence-electron chi connectivity index (χ4n) is 8.16. The van der Waals surface area contributed by atoms with Gasteiger partial charge in [-0.15, -0.1) is 0 Å². The third kappa shape index (κ3) is 34.4. The number of methoxy groups -OCH3 is 1. The minimum absolute atomic E-state index is 0.203. The van der Waals surface area contributed by atoms with Crippen molar-refractivity contribution in [2.24, 2.45) is 5.92 Å². The van der Waals surface area contributed by atoms with Crippen LogP contribution in [0.1, 0.15) is 148 Å². The van der Waals surface area contributed by atoms with Crippen molar-refractivity contribution in [2.45, 2.75) is 164 Å². The molecule has 0 bridgehead atoms. The van der Waals surface area contributed by atoms with Crippen LogP contribution in [0.25, 0.3) is 0 Å². The van der Waals surface area contributed by atoms with Gasteiger partial charge < -0.3 is 58.0 Å². The standard InChI is InChI=1S/C18H22O2.C17H18Cl2O.2C14H22O3.C13H20O3/c1-3-4-8-15-9-7-11-17(13-15)20-14-16-10-5-6-12-18(16)19-2;1-2-3-6-13-7-4-8-14(11-13)20-12-15-16(18)9-5-10-17(15)19;1-4-8-16-12-6-5-7-13(9-12)17-10-14(15)11(2)3;1-3-6-12(15)11-17-14-8-5-7-13(10-14)16-9-4-2;1-2-9-15-12-6-5-7-13(11-12)16-10-4-3-8-14/h5-7,9-13H,3-4,8,14H2,1-2H3;4-5,7-11H,2-3,6,12H2,1H3;5-7,9,11,14-15H,4,8,10H2,1-3H3;5,7-8,10,12,15H,3-4,6,9,11H2,1-2H3;5-7,11,14H,2-4,8-10H2,1H3. The molecule has 7 aromatic carbocycles. The van der Waals surface area contributed by atoms with Gasteiger partial charge in [-0.05, 0) is 160 Å². The van der Waals surface area contributed by atoms with E-state index < -0.39 is 6.10 Å². The number of aliphatic hydroxyl groups is 3. The Morgan fingerprint density at radius 2 is 0.811 bits per heavy atom. The predicted molar refractivity (Wildman–Crippen MR) is 369 cm³/mol. The summed E-state index contributed by atoms with van der Waals surface area (Å²) < 4.78 is 50.1. The van der Waals surface area contributed by atoms with E-state index in [0.717, 1.165) is 127 Å². The molecule has 12 nitrogen and oxygen atoms in total. The van der Waals surface area contributed by atoms with Gasteiger partial charge in [0, 0.05) is 46.0 Å². The molecule has 0 aromatic heterocycles. The first-order valence-corrected chi connectivity index (χ1v) is 33.1. The number of hydrogen-bond donors (Lipinski definition) is 3. The SMILES string of the molecule is CCCCc1cccc(OCc2c(Cl)cccc2Cl)c1.CCCCc1cccc(OCc2ccccc2OC)c1.CCCOc1cccc(OCC(O)C(C)C)c1.CCCOc1cccc(OCC(O)CCC)c1.CCCOc1cccc(OCCCCO)c1. The van der Waals surface area contributed by atoms with Crippen LogP contribution in [0.2, 0.25) is 10.0 Å². The first-order valence-electron chi connectivity index (χ1n) is 32.3. The second kappa shape index (κ2) is 49.0. The molecule has 90 heavy (non-hydrogen) atoms. The largest absolute Gasteiger partial charge is 0.496 e. The summed E-state index contributed by atoms with van der Waals surface area (Å²) in [6.45, 7) is 21.2. The normalized spacial score (nSPS) is 11.1. The van der Waals surface area contributed by atoms with E-state index >= 15 is 0 Å². The summed E-state index contributed by atoms with van der Waals surface area (Å²) in [5, 5.41) is 29.1. The molecule has 3 N–H and O–H groups in total. The van der Waals surface area contributed by atoms with Crippen molar-refractivity contribution >= 4 is 23.2 Å². The maximum atomic E-state index is 9.64. The molecule has 0 saturated carbocycles. The third-order valence-electron chi connectivity index (χ3n) is 13.4. The van der Waals surface area contributed by atoms with Gasteiger partial charge in [0.2, 0.25) is 0 Å². The molecule has 7 rings (SSSR count). The van der Waals surface area contributed by atoms with E-state index in [1.54, 1.807) is 7.11 Å². The van der Waals surface area contributed by atoms with Crippen molar-refractivity contribution in [3.63, 3.8) is 0 Å². The summed E-state index contributed by atoms with van der Waals surface area (Å²) in [7, 11) is 1.68. The fraction of sp³-hybridized carbons (Fsp3) is 0.447. The van der Waals surface area contributed by atoms with E-state index in [1.807, 2.05) is 154 Å². The number of aliphatic hydroxyl groups excluding tert-OH is 3. The second-order valence-corrected chi connectivity index (χ2v) is 22.5. The molecule has 14 heteroatoms. The van der Waals surface area contributed by atoms with Crippen LogP contribution in [-0.4, -0.2) is 80.9 Å². The van der Waals surface area contributed by atoms with Gasteiger partial charge in [0.1, 0.15) is 78.2 Å². The number of para-hydroxylation sites is 1. The Morgan fingerprint density at radius 3 is 1.24 bits per heavy atom. The van der Waals surface area contributed by atoms with Crippen molar-refractivity contribution in [2.75, 3.05) is 53.4 Å². The van der Waals surface area contributed by atoms with Crippen LogP contribution in [0.15, 0.2) is 164 Å². The molecule has 0 spiro atoms. The lowest BCUT2D eigenvalue weighted by Crippen LogP contribution is -2.23. The topological polar surface area (TPSA) is 144 Å². The lowest BCUT2D eigenvalue weighted by molar-refractivity contribution is 0.0700. The van der Waals surface area contributed by atoms with E-state index in [4.69, 9.17) is 70.9 Å². The van der Waals surface area contributed by atoms with Crippen molar-refractivity contribution < 1.29 is 58.0 Å². The van der Waals surface area contributed by atoms with Gasteiger partial charge >= 0.3 is 0 Å². The molecule has 0 aliphatic rings. The smallest absolute Gasteiger partial charge is 0.125 e. The van der Waals surface area contributed by atoms with Crippen LogP contribution < -0.4 is 42.6 Å². The van der Waals surface area contributed by atoms with Crippen LogP contribution in [0.3, 0.4) is 0 Å². The van der Waals surface area contributed by atoms with Gasteiger partial charge in [0.25, 0.3) is 0 Å². The van der Waals surface area contributed by atoms with E-state index in [9.17, 15) is 10.2 Å². The van der Waals surface area contributed by atoms with Crippen molar-refractivity contribution in [1.82, 2.24) is 0 Å². The summed E-state index contributed by atoms with van der Waals surface area (Å²) in [5.41, 5.74) is 4.53. The Bertz CT molecular complexity index is 2900. The number of unbranched alkanes of at least 4 members (excludes halogenated alkanes) is 3. The highest BCUT2D eigenvalue weighted by molar-refractivity contribution is 6.35. The molecule has 0 radical (unpaired) electrons. The molecular formula is C76H104Cl2O12. The lowest BCUT2D eigenvalue weighted by atomic mass is 10.1. The molecule has 2 unspecified atom stereocenters. The van der Waals surface area contributed by atoms with Gasteiger partial charge in [-0.3, -0.25) is 0 Å². The Labute approximate surface area is 549 Å². The Hall–Kier alpha value is -6.80. The van der Waals surface area contributed by atoms with E-state index in [-0.39, 0.29) is 18.6 Å². The van der Waals surface area contributed by atoms with E-state index in [1.165, 1.54) is 36.8 Å². The third-order valence-corrected chi connectivity index (χ3v) is 14.1. The van der Waals surface area contributed by atoms with E-state index in [2.05, 4.69) is 65.0 Å². The quantitative estimate of drug-likeness (QED) is 0.0322. The molecule has 0 heterocycles. The number of hydrogen-bond acceptors (Lipinski definition) is 12. The molecule has 0 aliphatic carbocycles. The average Bonchev–Trinajstić information content (AvgIpc) is 3.77. The summed E-state index contributed by atoms with van der Waals surface area (Å²) in [5.74, 6) is 7.63. The number of rotatable bonds is 36. The number of benzene rings is 7. The lowest BCUT2D eigenvalue weighted by Gasteiger charge is -2.15. The zero-order valence-corrected chi connectivity index (χ0v) is 56.7. The minimum atomic E-state index is -0.435. The first-order chi connectivity index (χ1) is 43.8. The average molecular weight is 1280 g/mol. The van der Waals surface area contributed by atoms with Crippen molar-refractivity contribution in [1.29, 1.82) is 0 Å². The molecule has 494 valence electrons. The Kier molecular flexibility index (Phi) is 42.1. The summed E-state index contributed by atoms with van der Waals surface area (Å²) in [4.78, 5) is 0. The zero-order chi connectivity index (χ0) is 65.4. The molecule has 0 saturated heterocycles. The van der Waals surface area contributed by atoms with E-state index in [0.29, 0.717) is 56.3 Å². The van der Waals surface area contributed by atoms with Gasteiger partial charge in [-0.1, -0.05) is 165 Å². The first kappa shape index (κ1) is 77.4. The monoisotopic (exact) mass is 1280 g/mol. The number of aryl methyl sites for hydroxylation is 2. The number of ether oxygens (including phenoxy) is 9. The van der Waals surface area contributed by atoms with Gasteiger partial charge in [-0.25, -0.2) is 0 Å². The Morgan fingerprint density at radius 1 is 0.400 bits per heavy atom. The maximum absolute atomic E-state index is 9.64. The highest BCUT2D eigenvalue weighted by atomic mass is 35.5. The Balaban J connectivity index is 0.000000295. The van der Waals surface area contributed by atoms with Crippen molar-refractivity contribution in [3.8, 4) is 51.7 Å². The molecule has 0 aliphatic heterocycles. The number of halogens is 2. The predicted octanol–water partition coefficient (Wildman–Crippen LogP) is 19.0. The summed E-state index contributed by atoms with van der Waals surface area (Å²) >= 11 is 12.3. The van der Waals surface area contributed by atoms with Gasteiger partial charge in [0.05, 0.1) is 45.7 Å². The second-order valence-electron chi connectivity index (χ2n) is 21.7. The molecule has 0 fully saturated rings. The molecule has 0 amide bonds.